The van der Waals surface area contributed by atoms with Crippen LogP contribution in [0.2, 0.25) is 0 Å². The van der Waals surface area contributed by atoms with E-state index in [9.17, 15) is 14.4 Å². The van der Waals surface area contributed by atoms with Crippen LogP contribution in [0.5, 0.6) is 0 Å². The van der Waals surface area contributed by atoms with Crippen molar-refractivity contribution in [2.24, 2.45) is 11.8 Å². The third-order valence-corrected chi connectivity index (χ3v) is 5.94. The number of hydrogen-bond donors (Lipinski definition) is 0. The maximum Gasteiger partial charge on any atom is 0.295 e. The minimum absolute atomic E-state index is 0.00501. The summed E-state index contributed by atoms with van der Waals surface area (Å²) in [5.74, 6) is 0.376. The third-order valence-electron chi connectivity index (χ3n) is 4.52. The molecule has 1 fully saturated rings. The van der Waals surface area contributed by atoms with E-state index in [2.05, 4.69) is 13.8 Å². The van der Waals surface area contributed by atoms with E-state index in [4.69, 9.17) is 4.74 Å². The Bertz CT molecular complexity index is 729. The summed E-state index contributed by atoms with van der Waals surface area (Å²) in [5.41, 5.74) is 0.682. The Morgan fingerprint density at radius 3 is 2.57 bits per heavy atom. The average molecular weight is 402 g/mol. The van der Waals surface area contributed by atoms with Gasteiger partial charge in [0.15, 0.2) is 6.23 Å². The lowest BCUT2D eigenvalue weighted by molar-refractivity contribution is -0.147. The lowest BCUT2D eigenvalue weighted by Gasteiger charge is -2.21. The Kier molecular flexibility index (Phi) is 8.51. The highest BCUT2D eigenvalue weighted by Gasteiger charge is 2.33. The van der Waals surface area contributed by atoms with E-state index in [1.54, 1.807) is 17.1 Å². The zero-order chi connectivity index (χ0) is 20.5. The van der Waals surface area contributed by atoms with Gasteiger partial charge in [-0.15, -0.1) is 0 Å². The molecule has 150 valence electrons. The number of benzene rings is 1. The lowest BCUT2D eigenvalue weighted by atomic mass is 10.1. The van der Waals surface area contributed by atoms with Gasteiger partial charge in [-0.2, -0.15) is 0 Å². The number of amides is 1. The van der Waals surface area contributed by atoms with Gasteiger partial charge in [-0.1, -0.05) is 81.1 Å². The summed E-state index contributed by atoms with van der Waals surface area (Å²) in [5, 5.41) is 0.0364. The number of carbonyl (C=O) groups is 3. The van der Waals surface area contributed by atoms with Gasteiger partial charge in [-0.05, 0) is 11.8 Å². The molecule has 3 atom stereocenters. The molecule has 0 spiro atoms. The number of thioether (sulfide) groups is 1. The van der Waals surface area contributed by atoms with Gasteiger partial charge in [0, 0.05) is 29.9 Å². The second kappa shape index (κ2) is 10.9. The molecule has 3 unspecified atom stereocenters. The van der Waals surface area contributed by atoms with Crippen LogP contribution < -0.4 is 0 Å². The van der Waals surface area contributed by atoms with Crippen LogP contribution in [-0.2, 0) is 14.3 Å². The summed E-state index contributed by atoms with van der Waals surface area (Å²) >= 11 is 1.28. The molecule has 1 aromatic carbocycles. The number of nitrogens with zero attached hydrogens (tertiary/aromatic N) is 1. The summed E-state index contributed by atoms with van der Waals surface area (Å²) in [4.78, 5) is 37.0. The highest BCUT2D eigenvalue weighted by molar-refractivity contribution is 8.14. The summed E-state index contributed by atoms with van der Waals surface area (Å²) < 4.78 is 5.00. The van der Waals surface area contributed by atoms with Gasteiger partial charge in [0.25, 0.3) is 6.47 Å². The second-order valence-corrected chi connectivity index (χ2v) is 8.39. The molecule has 1 amide bonds. The van der Waals surface area contributed by atoms with Crippen molar-refractivity contribution in [3.05, 3.63) is 60.2 Å². The highest BCUT2D eigenvalue weighted by atomic mass is 32.2. The molecule has 0 aromatic heterocycles. The van der Waals surface area contributed by atoms with Gasteiger partial charge in [0.1, 0.15) is 0 Å². The Hall–Kier alpha value is -2.34. The molecule has 1 aromatic rings. The zero-order valence-electron chi connectivity index (χ0n) is 16.5. The second-order valence-electron chi connectivity index (χ2n) is 7.24. The first-order chi connectivity index (χ1) is 13.4. The quantitative estimate of drug-likeness (QED) is 0.373. The summed E-state index contributed by atoms with van der Waals surface area (Å²) in [7, 11) is 0. The van der Waals surface area contributed by atoms with Crippen LogP contribution in [0, 0.1) is 11.8 Å². The van der Waals surface area contributed by atoms with E-state index in [0.29, 0.717) is 30.9 Å². The molecule has 5 nitrogen and oxygen atoms in total. The molecule has 0 N–H and O–H groups in total. The van der Waals surface area contributed by atoms with E-state index in [1.165, 1.54) is 17.8 Å². The van der Waals surface area contributed by atoms with Crippen molar-refractivity contribution in [2.75, 3.05) is 6.54 Å². The van der Waals surface area contributed by atoms with Gasteiger partial charge in [-0.25, -0.2) is 0 Å². The van der Waals surface area contributed by atoms with Gasteiger partial charge >= 0.3 is 0 Å². The van der Waals surface area contributed by atoms with E-state index >= 15 is 0 Å². The van der Waals surface area contributed by atoms with Crippen LogP contribution in [0.15, 0.2) is 54.6 Å². The van der Waals surface area contributed by atoms with E-state index in [0.717, 1.165) is 0 Å². The van der Waals surface area contributed by atoms with E-state index in [-0.39, 0.29) is 22.2 Å². The molecule has 0 saturated carbocycles. The number of hydrogen-bond acceptors (Lipinski definition) is 5. The molecule has 1 heterocycles. The minimum Gasteiger partial charge on any atom is -0.444 e. The number of carbonyl (C=O) groups excluding carboxylic acids is 3. The minimum atomic E-state index is -0.490. The van der Waals surface area contributed by atoms with Crippen LogP contribution in [0.4, 0.5) is 0 Å². The summed E-state index contributed by atoms with van der Waals surface area (Å²) in [6.07, 6.45) is 7.04. The average Bonchev–Trinajstić information content (AvgIpc) is 3.05. The van der Waals surface area contributed by atoms with Crippen LogP contribution in [0.1, 0.15) is 37.6 Å². The maximum absolute atomic E-state index is 12.4. The van der Waals surface area contributed by atoms with E-state index < -0.39 is 6.23 Å². The maximum atomic E-state index is 12.4. The molecule has 1 aliphatic rings. The molecular formula is C22H27NO4S. The largest absolute Gasteiger partial charge is 0.444 e. The van der Waals surface area contributed by atoms with E-state index in [1.807, 2.05) is 43.3 Å². The lowest BCUT2D eigenvalue weighted by Crippen LogP contribution is -2.36. The molecule has 0 radical (unpaired) electrons. The van der Waals surface area contributed by atoms with Crippen LogP contribution in [0.25, 0.3) is 0 Å². The van der Waals surface area contributed by atoms with Crippen molar-refractivity contribution in [3.8, 4) is 0 Å². The number of ether oxygens (including phenoxy) is 1. The number of likely N-dealkylation sites (tertiary alicyclic amines) is 1. The SMILES string of the molecule is CC1CC(OC=O)N(C(=O)/C=C/C=C/C(SC(=O)c2ccccc2)C(C)C)C1. The van der Waals surface area contributed by atoms with Crippen molar-refractivity contribution < 1.29 is 19.1 Å². The Labute approximate surface area is 170 Å². The Morgan fingerprint density at radius 2 is 1.93 bits per heavy atom. The van der Waals surface area contributed by atoms with Crippen LogP contribution in [0.3, 0.4) is 0 Å². The first-order valence-electron chi connectivity index (χ1n) is 9.43. The fourth-order valence-electron chi connectivity index (χ4n) is 3.00. The molecule has 1 saturated heterocycles. The summed E-state index contributed by atoms with van der Waals surface area (Å²) in [6.45, 7) is 7.10. The first-order valence-corrected chi connectivity index (χ1v) is 10.3. The number of rotatable bonds is 8. The highest BCUT2D eigenvalue weighted by Crippen LogP contribution is 2.25. The predicted molar refractivity (Wildman–Crippen MR) is 112 cm³/mol. The Morgan fingerprint density at radius 1 is 1.21 bits per heavy atom. The topological polar surface area (TPSA) is 63.7 Å². The van der Waals surface area contributed by atoms with Crippen molar-refractivity contribution in [1.82, 2.24) is 4.90 Å². The van der Waals surface area contributed by atoms with Gasteiger partial charge in [-0.3, -0.25) is 14.4 Å². The van der Waals surface area contributed by atoms with Gasteiger partial charge in [0.2, 0.25) is 11.0 Å². The van der Waals surface area contributed by atoms with Crippen molar-refractivity contribution in [1.29, 1.82) is 0 Å². The van der Waals surface area contributed by atoms with Crippen molar-refractivity contribution >= 4 is 29.3 Å². The fraction of sp³-hybridized carbons (Fsp3) is 0.409. The van der Waals surface area contributed by atoms with Crippen molar-refractivity contribution in [3.63, 3.8) is 0 Å². The Balaban J connectivity index is 1.95. The van der Waals surface area contributed by atoms with Crippen LogP contribution >= 0.6 is 11.8 Å². The third kappa shape index (κ3) is 6.37. The molecule has 0 bridgehead atoms. The number of allylic oxidation sites excluding steroid dienone is 2. The molecule has 1 aliphatic heterocycles. The summed E-state index contributed by atoms with van der Waals surface area (Å²) in [6, 6.07) is 9.20. The normalized spacial score (nSPS) is 20.8. The zero-order valence-corrected chi connectivity index (χ0v) is 17.3. The van der Waals surface area contributed by atoms with Crippen LogP contribution in [-0.4, -0.2) is 40.4 Å². The first kappa shape index (κ1) is 22.0. The molecule has 28 heavy (non-hydrogen) atoms. The van der Waals surface area contributed by atoms with Crippen molar-refractivity contribution in [2.45, 2.75) is 38.7 Å². The molecule has 0 aliphatic carbocycles. The smallest absolute Gasteiger partial charge is 0.295 e. The standard InChI is InChI=1S/C22H27NO4S/c1-16(2)19(28-22(26)18-9-5-4-6-10-18)11-7-8-12-20(25)23-14-17(3)13-21(23)27-15-24/h4-12,15-17,19,21H,13-14H2,1-3H3/b11-7+,12-8+. The molecule has 2 rings (SSSR count). The van der Waals surface area contributed by atoms with Gasteiger partial charge in [0.05, 0.1) is 0 Å². The fourth-order valence-corrected chi connectivity index (χ4v) is 3.96. The monoisotopic (exact) mass is 401 g/mol. The van der Waals surface area contributed by atoms with Gasteiger partial charge < -0.3 is 9.64 Å². The molecular weight excluding hydrogens is 374 g/mol. The molecule has 6 heteroatoms. The predicted octanol–water partition coefficient (Wildman–Crippen LogP) is 4.06.